The highest BCUT2D eigenvalue weighted by molar-refractivity contribution is 7.99. The topological polar surface area (TPSA) is 63.0 Å². The van der Waals surface area contributed by atoms with Crippen molar-refractivity contribution < 1.29 is 4.39 Å². The summed E-state index contributed by atoms with van der Waals surface area (Å²) in [6.45, 7) is 0. The van der Waals surface area contributed by atoms with Gasteiger partial charge in [0.2, 0.25) is 0 Å². The van der Waals surface area contributed by atoms with E-state index in [1.54, 1.807) is 24.3 Å². The molecular weight excluding hydrogens is 255 g/mol. The van der Waals surface area contributed by atoms with E-state index in [-0.39, 0.29) is 5.82 Å². The van der Waals surface area contributed by atoms with Crippen LogP contribution >= 0.6 is 11.8 Å². The molecule has 2 aromatic heterocycles. The van der Waals surface area contributed by atoms with E-state index in [0.29, 0.717) is 10.7 Å². The molecule has 0 fully saturated rings. The SMILES string of the molecule is O=c1[nH]nc2ccc(Sc3cccc(F)c3)nn12. The Labute approximate surface area is 105 Å². The van der Waals surface area contributed by atoms with Crippen LogP contribution in [0.15, 0.2) is 51.1 Å². The molecule has 5 nitrogen and oxygen atoms in total. The summed E-state index contributed by atoms with van der Waals surface area (Å²) in [6, 6.07) is 9.59. The van der Waals surface area contributed by atoms with Gasteiger partial charge in [0.1, 0.15) is 10.8 Å². The number of rotatable bonds is 2. The van der Waals surface area contributed by atoms with E-state index in [2.05, 4.69) is 15.3 Å². The minimum Gasteiger partial charge on any atom is -0.244 e. The number of fused-ring (bicyclic) bond motifs is 1. The average Bonchev–Trinajstić information content (AvgIpc) is 2.71. The molecule has 3 aromatic rings. The third kappa shape index (κ3) is 2.00. The first-order valence-corrected chi connectivity index (χ1v) is 5.92. The molecule has 0 saturated carbocycles. The van der Waals surface area contributed by atoms with Crippen molar-refractivity contribution in [3.63, 3.8) is 0 Å². The molecule has 0 saturated heterocycles. The van der Waals surface area contributed by atoms with Crippen LogP contribution < -0.4 is 5.69 Å². The standard InChI is InChI=1S/C11H7FN4OS/c12-7-2-1-3-8(6-7)18-10-5-4-9-13-14-11(17)16(9)15-10/h1-6H,(H,14,17). The Kier molecular flexibility index (Phi) is 2.60. The minimum atomic E-state index is -0.397. The van der Waals surface area contributed by atoms with Crippen molar-refractivity contribution >= 4 is 17.4 Å². The van der Waals surface area contributed by atoms with E-state index in [1.807, 2.05) is 0 Å². The van der Waals surface area contributed by atoms with Crippen molar-refractivity contribution in [3.8, 4) is 0 Å². The normalized spacial score (nSPS) is 10.9. The van der Waals surface area contributed by atoms with Gasteiger partial charge in [0.15, 0.2) is 5.65 Å². The Hall–Kier alpha value is -2.15. The number of hydrogen-bond donors (Lipinski definition) is 1. The van der Waals surface area contributed by atoms with Gasteiger partial charge in [-0.25, -0.2) is 14.3 Å². The first-order chi connectivity index (χ1) is 8.72. The van der Waals surface area contributed by atoms with E-state index >= 15 is 0 Å². The van der Waals surface area contributed by atoms with Crippen molar-refractivity contribution in [2.45, 2.75) is 9.92 Å². The lowest BCUT2D eigenvalue weighted by Gasteiger charge is -2.00. The molecule has 0 amide bonds. The van der Waals surface area contributed by atoms with Crippen molar-refractivity contribution in [2.24, 2.45) is 0 Å². The van der Waals surface area contributed by atoms with Crippen LogP contribution in [0.2, 0.25) is 0 Å². The molecule has 0 aliphatic heterocycles. The van der Waals surface area contributed by atoms with E-state index in [4.69, 9.17) is 0 Å². The van der Waals surface area contributed by atoms with Crippen LogP contribution in [0.5, 0.6) is 0 Å². The zero-order valence-electron chi connectivity index (χ0n) is 9.00. The number of benzene rings is 1. The number of H-pyrrole nitrogens is 1. The summed E-state index contributed by atoms with van der Waals surface area (Å²) in [4.78, 5) is 12.1. The van der Waals surface area contributed by atoms with E-state index in [9.17, 15) is 9.18 Å². The molecule has 1 N–H and O–H groups in total. The number of aromatic amines is 1. The molecule has 0 bridgehead atoms. The average molecular weight is 262 g/mol. The summed E-state index contributed by atoms with van der Waals surface area (Å²) >= 11 is 1.28. The number of hydrogen-bond acceptors (Lipinski definition) is 4. The van der Waals surface area contributed by atoms with Crippen LogP contribution in [0, 0.1) is 5.82 Å². The van der Waals surface area contributed by atoms with Gasteiger partial charge in [0.25, 0.3) is 0 Å². The Morgan fingerprint density at radius 3 is 3.00 bits per heavy atom. The predicted octanol–water partition coefficient (Wildman–Crippen LogP) is 1.71. The molecule has 7 heteroatoms. The van der Waals surface area contributed by atoms with E-state index in [0.717, 1.165) is 4.90 Å². The number of nitrogens with zero attached hydrogens (tertiary/aromatic N) is 3. The summed E-state index contributed by atoms with van der Waals surface area (Å²) in [5.74, 6) is -0.304. The van der Waals surface area contributed by atoms with Crippen molar-refractivity contribution in [1.29, 1.82) is 0 Å². The number of nitrogens with one attached hydrogen (secondary N) is 1. The van der Waals surface area contributed by atoms with Gasteiger partial charge >= 0.3 is 5.69 Å². The zero-order chi connectivity index (χ0) is 12.5. The summed E-state index contributed by atoms with van der Waals surface area (Å²) in [6.07, 6.45) is 0. The van der Waals surface area contributed by atoms with Crippen LogP contribution in [0.4, 0.5) is 4.39 Å². The largest absolute Gasteiger partial charge is 0.364 e. The Balaban J connectivity index is 1.99. The van der Waals surface area contributed by atoms with Gasteiger partial charge in [-0.3, -0.25) is 0 Å². The summed E-state index contributed by atoms with van der Waals surface area (Å²) in [5, 5.41) is 10.8. The van der Waals surface area contributed by atoms with Gasteiger partial charge in [0, 0.05) is 4.90 Å². The van der Waals surface area contributed by atoms with Gasteiger partial charge < -0.3 is 0 Å². The second kappa shape index (κ2) is 4.26. The number of aromatic nitrogens is 4. The second-order valence-corrected chi connectivity index (χ2v) is 4.62. The maximum absolute atomic E-state index is 13.0. The zero-order valence-corrected chi connectivity index (χ0v) is 9.82. The van der Waals surface area contributed by atoms with E-state index in [1.165, 1.54) is 28.4 Å². The van der Waals surface area contributed by atoms with Gasteiger partial charge in [-0.2, -0.15) is 14.7 Å². The molecule has 0 spiro atoms. The Bertz CT molecular complexity index is 767. The molecule has 0 aliphatic rings. The van der Waals surface area contributed by atoms with Crippen LogP contribution in [0.1, 0.15) is 0 Å². The van der Waals surface area contributed by atoms with Crippen LogP contribution in [0.3, 0.4) is 0 Å². The monoisotopic (exact) mass is 262 g/mol. The van der Waals surface area contributed by atoms with Crippen molar-refractivity contribution in [3.05, 3.63) is 52.7 Å². The van der Waals surface area contributed by atoms with Crippen LogP contribution in [0.25, 0.3) is 5.65 Å². The Morgan fingerprint density at radius 1 is 1.28 bits per heavy atom. The molecule has 0 aliphatic carbocycles. The van der Waals surface area contributed by atoms with Gasteiger partial charge in [-0.15, -0.1) is 0 Å². The molecule has 2 heterocycles. The first-order valence-electron chi connectivity index (χ1n) is 5.10. The fourth-order valence-corrected chi connectivity index (χ4v) is 2.31. The maximum atomic E-state index is 13.0. The first kappa shape index (κ1) is 11.0. The molecule has 1 aromatic carbocycles. The Morgan fingerprint density at radius 2 is 2.17 bits per heavy atom. The highest BCUT2D eigenvalue weighted by atomic mass is 32.2. The van der Waals surface area contributed by atoms with Gasteiger partial charge in [-0.05, 0) is 30.3 Å². The van der Waals surface area contributed by atoms with Crippen molar-refractivity contribution in [2.75, 3.05) is 0 Å². The molecular formula is C11H7FN4OS. The molecule has 3 rings (SSSR count). The predicted molar refractivity (Wildman–Crippen MR) is 64.1 cm³/mol. The molecule has 90 valence electrons. The number of halogens is 1. The third-order valence-electron chi connectivity index (χ3n) is 2.27. The highest BCUT2D eigenvalue weighted by Crippen LogP contribution is 2.25. The lowest BCUT2D eigenvalue weighted by molar-refractivity contribution is 0.624. The molecule has 0 atom stereocenters. The summed E-state index contributed by atoms with van der Waals surface area (Å²) in [7, 11) is 0. The van der Waals surface area contributed by atoms with Crippen LogP contribution in [-0.4, -0.2) is 19.8 Å². The van der Waals surface area contributed by atoms with Crippen LogP contribution in [-0.2, 0) is 0 Å². The lowest BCUT2D eigenvalue weighted by Crippen LogP contribution is -2.12. The van der Waals surface area contributed by atoms with Gasteiger partial charge in [0.05, 0.1) is 0 Å². The second-order valence-electron chi connectivity index (χ2n) is 3.53. The lowest BCUT2D eigenvalue weighted by atomic mass is 10.4. The fraction of sp³-hybridized carbons (Fsp3) is 0. The van der Waals surface area contributed by atoms with Crippen molar-refractivity contribution in [1.82, 2.24) is 19.8 Å². The smallest absolute Gasteiger partial charge is 0.244 e. The fourth-order valence-electron chi connectivity index (χ4n) is 1.49. The minimum absolute atomic E-state index is 0.304. The third-order valence-corrected chi connectivity index (χ3v) is 3.18. The highest BCUT2D eigenvalue weighted by Gasteiger charge is 2.04. The molecule has 0 unspecified atom stereocenters. The van der Waals surface area contributed by atoms with E-state index < -0.39 is 5.69 Å². The molecule has 18 heavy (non-hydrogen) atoms. The molecule has 0 radical (unpaired) electrons. The maximum Gasteiger partial charge on any atom is 0.364 e. The summed E-state index contributed by atoms with van der Waals surface area (Å²) < 4.78 is 14.2. The summed E-state index contributed by atoms with van der Waals surface area (Å²) in [5.41, 5.74) is 0.0512. The van der Waals surface area contributed by atoms with Gasteiger partial charge in [-0.1, -0.05) is 17.8 Å². The quantitative estimate of drug-likeness (QED) is 0.763.